The lowest BCUT2D eigenvalue weighted by molar-refractivity contribution is -0.141. The number of hydrogen-bond donors (Lipinski definition) is 1. The Bertz CT molecular complexity index is 471. The van der Waals surface area contributed by atoms with Gasteiger partial charge in [0.2, 0.25) is 5.91 Å². The van der Waals surface area contributed by atoms with E-state index >= 15 is 0 Å². The zero-order valence-corrected chi connectivity index (χ0v) is 13.0. The molecule has 1 amide bonds. The molecule has 0 spiro atoms. The number of nitrogens with one attached hydrogen (secondary N) is 1. The summed E-state index contributed by atoms with van der Waals surface area (Å²) in [4.78, 5) is 25.1. The molecule has 1 aromatic rings. The van der Waals surface area contributed by atoms with Gasteiger partial charge in [-0.2, -0.15) is 0 Å². The maximum atomic E-state index is 12.0. The van der Waals surface area contributed by atoms with Crippen LogP contribution in [-0.2, 0) is 14.3 Å². The molecule has 0 bridgehead atoms. The minimum atomic E-state index is -0.281. The quantitative estimate of drug-likeness (QED) is 0.731. The molecule has 0 saturated carbocycles. The first-order valence-electron chi connectivity index (χ1n) is 6.93. The second-order valence-corrected chi connectivity index (χ2v) is 5.33. The molecular formula is C14H23N3O4. The largest absolute Gasteiger partial charge is 0.469 e. The molecule has 0 aliphatic heterocycles. The zero-order valence-electron chi connectivity index (χ0n) is 13.0. The molecule has 0 fully saturated rings. The monoisotopic (exact) mass is 297 g/mol. The van der Waals surface area contributed by atoms with Crippen molar-refractivity contribution in [2.45, 2.75) is 27.2 Å². The van der Waals surface area contributed by atoms with E-state index in [1.165, 1.54) is 7.11 Å². The Labute approximate surface area is 124 Å². The smallest absolute Gasteiger partial charge is 0.306 e. The number of ether oxygens (including phenoxy) is 1. The molecule has 21 heavy (non-hydrogen) atoms. The highest BCUT2D eigenvalue weighted by atomic mass is 16.5. The molecule has 1 heterocycles. The minimum Gasteiger partial charge on any atom is -0.469 e. The van der Waals surface area contributed by atoms with Crippen LogP contribution >= 0.6 is 0 Å². The van der Waals surface area contributed by atoms with Crippen molar-refractivity contribution in [3.8, 4) is 0 Å². The van der Waals surface area contributed by atoms with Gasteiger partial charge in [0.05, 0.1) is 20.1 Å². The highest BCUT2D eigenvalue weighted by Crippen LogP contribution is 2.07. The Hall–Kier alpha value is -1.89. The van der Waals surface area contributed by atoms with Gasteiger partial charge in [-0.25, -0.2) is 0 Å². The lowest BCUT2D eigenvalue weighted by Gasteiger charge is -2.22. The summed E-state index contributed by atoms with van der Waals surface area (Å²) < 4.78 is 9.51. The highest BCUT2D eigenvalue weighted by Gasteiger charge is 2.15. The van der Waals surface area contributed by atoms with Gasteiger partial charge >= 0.3 is 5.97 Å². The van der Waals surface area contributed by atoms with Gasteiger partial charge in [0.25, 0.3) is 0 Å². The van der Waals surface area contributed by atoms with E-state index in [9.17, 15) is 9.59 Å². The van der Waals surface area contributed by atoms with Crippen molar-refractivity contribution in [1.82, 2.24) is 10.1 Å². The lowest BCUT2D eigenvalue weighted by atomic mass is 10.2. The first-order valence-corrected chi connectivity index (χ1v) is 6.93. The average Bonchev–Trinajstić information content (AvgIpc) is 2.80. The van der Waals surface area contributed by atoms with Crippen LogP contribution in [0.25, 0.3) is 0 Å². The summed E-state index contributed by atoms with van der Waals surface area (Å²) in [7, 11) is 1.36. The summed E-state index contributed by atoms with van der Waals surface area (Å²) in [6.07, 6.45) is 0.263. The number of nitrogens with zero attached hydrogens (tertiary/aromatic N) is 2. The van der Waals surface area contributed by atoms with Gasteiger partial charge in [0.15, 0.2) is 5.82 Å². The van der Waals surface area contributed by atoms with Crippen molar-refractivity contribution >= 4 is 17.7 Å². The van der Waals surface area contributed by atoms with Crippen molar-refractivity contribution in [3.63, 3.8) is 0 Å². The van der Waals surface area contributed by atoms with Crippen molar-refractivity contribution in [2.24, 2.45) is 5.92 Å². The standard InChI is InChI=1S/C14H23N3O4/c1-10(2)8-17(6-5-14(19)20-4)9-13(18)15-12-7-11(3)21-16-12/h7,10H,5-6,8-9H2,1-4H3,(H,15,16,18). The second-order valence-electron chi connectivity index (χ2n) is 5.33. The summed E-state index contributed by atoms with van der Waals surface area (Å²) in [6.45, 7) is 7.28. The zero-order chi connectivity index (χ0) is 15.8. The summed E-state index contributed by atoms with van der Waals surface area (Å²) in [5.74, 6) is 0.958. The van der Waals surface area contributed by atoms with E-state index in [1.54, 1.807) is 13.0 Å². The Morgan fingerprint density at radius 1 is 1.48 bits per heavy atom. The van der Waals surface area contributed by atoms with E-state index in [2.05, 4.69) is 29.1 Å². The van der Waals surface area contributed by atoms with E-state index in [1.807, 2.05) is 4.90 Å². The molecule has 0 atom stereocenters. The molecule has 0 aromatic carbocycles. The second kappa shape index (κ2) is 8.41. The summed E-state index contributed by atoms with van der Waals surface area (Å²) >= 11 is 0. The third-order valence-electron chi connectivity index (χ3n) is 2.75. The van der Waals surface area contributed by atoms with E-state index < -0.39 is 0 Å². The Kier molecular flexibility index (Phi) is 6.87. The summed E-state index contributed by atoms with van der Waals surface area (Å²) in [5, 5.41) is 6.38. The van der Waals surface area contributed by atoms with Crippen molar-refractivity contribution < 1.29 is 18.8 Å². The summed E-state index contributed by atoms with van der Waals surface area (Å²) in [5.41, 5.74) is 0. The number of aromatic nitrogens is 1. The van der Waals surface area contributed by atoms with E-state index in [0.29, 0.717) is 24.0 Å². The number of rotatable bonds is 8. The predicted molar refractivity (Wildman–Crippen MR) is 77.8 cm³/mol. The van der Waals surface area contributed by atoms with Crippen LogP contribution in [0.4, 0.5) is 5.82 Å². The first kappa shape index (κ1) is 17.2. The van der Waals surface area contributed by atoms with Crippen LogP contribution in [0.5, 0.6) is 0 Å². The van der Waals surface area contributed by atoms with E-state index in [-0.39, 0.29) is 24.8 Å². The number of carbonyl (C=O) groups excluding carboxylic acids is 2. The van der Waals surface area contributed by atoms with Crippen LogP contribution in [0, 0.1) is 12.8 Å². The average molecular weight is 297 g/mol. The molecule has 118 valence electrons. The number of esters is 1. The molecule has 0 saturated heterocycles. The highest BCUT2D eigenvalue weighted by molar-refractivity contribution is 5.91. The van der Waals surface area contributed by atoms with Crippen molar-refractivity contribution in [2.75, 3.05) is 32.1 Å². The van der Waals surface area contributed by atoms with E-state index in [0.717, 1.165) is 6.54 Å². The van der Waals surface area contributed by atoms with Crippen LogP contribution in [0.1, 0.15) is 26.0 Å². The van der Waals surface area contributed by atoms with Gasteiger partial charge in [-0.1, -0.05) is 19.0 Å². The fourth-order valence-electron chi connectivity index (χ4n) is 1.91. The van der Waals surface area contributed by atoms with Crippen molar-refractivity contribution in [1.29, 1.82) is 0 Å². The molecule has 0 aliphatic rings. The number of aryl methyl sites for hydroxylation is 1. The molecule has 7 heteroatoms. The van der Waals surface area contributed by atoms with Crippen molar-refractivity contribution in [3.05, 3.63) is 11.8 Å². The minimum absolute atomic E-state index is 0.186. The van der Waals surface area contributed by atoms with Gasteiger partial charge < -0.3 is 14.6 Å². The Balaban J connectivity index is 2.50. The van der Waals surface area contributed by atoms with Gasteiger partial charge in [0, 0.05) is 19.2 Å². The van der Waals surface area contributed by atoms with Gasteiger partial charge in [0.1, 0.15) is 5.76 Å². The lowest BCUT2D eigenvalue weighted by Crippen LogP contribution is -2.37. The number of amides is 1. The van der Waals surface area contributed by atoms with Gasteiger partial charge in [-0.05, 0) is 12.8 Å². The fourth-order valence-corrected chi connectivity index (χ4v) is 1.91. The molecule has 0 unspecified atom stereocenters. The topological polar surface area (TPSA) is 84.7 Å². The molecular weight excluding hydrogens is 274 g/mol. The third kappa shape index (κ3) is 6.89. The predicted octanol–water partition coefficient (Wildman–Crippen LogP) is 1.44. The molecule has 1 rings (SSSR count). The number of carbonyl (C=O) groups is 2. The molecule has 7 nitrogen and oxygen atoms in total. The SMILES string of the molecule is COC(=O)CCN(CC(=O)Nc1cc(C)on1)CC(C)C. The van der Waals surface area contributed by atoms with Crippen LogP contribution in [-0.4, -0.2) is 48.7 Å². The van der Waals surface area contributed by atoms with Crippen LogP contribution in [0.15, 0.2) is 10.6 Å². The molecule has 1 N–H and O–H groups in total. The molecule has 1 aromatic heterocycles. The van der Waals surface area contributed by atoms with Gasteiger partial charge in [-0.15, -0.1) is 0 Å². The van der Waals surface area contributed by atoms with Crippen LogP contribution in [0.3, 0.4) is 0 Å². The molecule has 0 aliphatic carbocycles. The Morgan fingerprint density at radius 2 is 2.19 bits per heavy atom. The summed E-state index contributed by atoms with van der Waals surface area (Å²) in [6, 6.07) is 1.65. The number of methoxy groups -OCH3 is 1. The first-order chi connectivity index (χ1) is 9.90. The van der Waals surface area contributed by atoms with Gasteiger partial charge in [-0.3, -0.25) is 14.5 Å². The third-order valence-corrected chi connectivity index (χ3v) is 2.75. The Morgan fingerprint density at radius 3 is 2.71 bits per heavy atom. The maximum absolute atomic E-state index is 12.0. The van der Waals surface area contributed by atoms with E-state index in [4.69, 9.17) is 4.52 Å². The number of hydrogen-bond acceptors (Lipinski definition) is 6. The fraction of sp³-hybridized carbons (Fsp3) is 0.643. The maximum Gasteiger partial charge on any atom is 0.306 e. The van der Waals surface area contributed by atoms with Crippen LogP contribution in [0.2, 0.25) is 0 Å². The normalized spacial score (nSPS) is 11.0. The number of anilines is 1. The van der Waals surface area contributed by atoms with Crippen LogP contribution < -0.4 is 5.32 Å². The molecule has 0 radical (unpaired) electrons.